The molecule has 1 aromatic heterocycles. The Morgan fingerprint density at radius 3 is 2.52 bits per heavy atom. The van der Waals surface area contributed by atoms with Crippen LogP contribution >= 0.6 is 15.9 Å². The molecule has 2 rings (SSSR count). The Morgan fingerprint density at radius 1 is 1.28 bits per heavy atom. The zero-order valence-corrected chi connectivity index (χ0v) is 16.7. The zero-order valence-electron chi connectivity index (χ0n) is 15.1. The number of aryl methyl sites for hydroxylation is 1. The van der Waals surface area contributed by atoms with Crippen molar-refractivity contribution in [2.24, 2.45) is 7.05 Å². The molecule has 0 atom stereocenters. The molecule has 7 nitrogen and oxygen atoms in total. The van der Waals surface area contributed by atoms with E-state index in [1.165, 1.54) is 10.6 Å². The molecule has 1 aliphatic carbocycles. The summed E-state index contributed by atoms with van der Waals surface area (Å²) < 4.78 is 13.4. The number of carbonyl (C=O) groups excluding carboxylic acids is 1. The summed E-state index contributed by atoms with van der Waals surface area (Å²) in [5.41, 5.74) is 4.99. The largest absolute Gasteiger partial charge is 0.489 e. The fourth-order valence-electron chi connectivity index (χ4n) is 2.64. The van der Waals surface area contributed by atoms with Crippen LogP contribution in [0.2, 0.25) is 0 Å². The Kier molecular flexibility index (Phi) is 6.51. The van der Waals surface area contributed by atoms with Gasteiger partial charge in [0.15, 0.2) is 0 Å². The van der Waals surface area contributed by atoms with Crippen molar-refractivity contribution in [1.29, 1.82) is 0 Å². The van der Waals surface area contributed by atoms with Crippen molar-refractivity contribution in [2.75, 3.05) is 0 Å². The number of ether oxygens (including phenoxy) is 2. The molecule has 1 aliphatic rings. The molecule has 0 radical (unpaired) electrons. The molecule has 0 aliphatic heterocycles. The van der Waals surface area contributed by atoms with E-state index in [9.17, 15) is 9.59 Å². The van der Waals surface area contributed by atoms with Gasteiger partial charge in [-0.1, -0.05) is 0 Å². The molecule has 140 valence electrons. The predicted octanol–water partition coefficient (Wildman–Crippen LogP) is 2.87. The second-order valence-electron chi connectivity index (χ2n) is 7.30. The van der Waals surface area contributed by atoms with Gasteiger partial charge < -0.3 is 14.0 Å². The quantitative estimate of drug-likeness (QED) is 0.738. The summed E-state index contributed by atoms with van der Waals surface area (Å²) in [4.78, 5) is 23.4. The van der Waals surface area contributed by atoms with Crippen LogP contribution in [0.4, 0.5) is 4.79 Å². The highest BCUT2D eigenvalue weighted by atomic mass is 79.9. The van der Waals surface area contributed by atoms with Gasteiger partial charge in [-0.05, 0) is 62.4 Å². The molecule has 1 amide bonds. The number of carbonyl (C=O) groups is 1. The molecule has 0 aromatic carbocycles. The fraction of sp³-hybridized carbons (Fsp3) is 0.647. The molecule has 1 heterocycles. The van der Waals surface area contributed by atoms with Gasteiger partial charge in [-0.15, -0.1) is 0 Å². The van der Waals surface area contributed by atoms with E-state index in [0.717, 1.165) is 30.2 Å². The summed E-state index contributed by atoms with van der Waals surface area (Å²) in [6.07, 6.45) is 4.70. The molecule has 1 saturated carbocycles. The predicted molar refractivity (Wildman–Crippen MR) is 98.6 cm³/mol. The van der Waals surface area contributed by atoms with Gasteiger partial charge in [0.25, 0.3) is 5.56 Å². The lowest BCUT2D eigenvalue weighted by atomic mass is 9.93. The van der Waals surface area contributed by atoms with Crippen molar-refractivity contribution in [2.45, 2.75) is 64.2 Å². The van der Waals surface area contributed by atoms with Crippen LogP contribution in [0, 0.1) is 0 Å². The van der Waals surface area contributed by atoms with Crippen LogP contribution in [-0.4, -0.2) is 28.4 Å². The minimum atomic E-state index is -0.516. The van der Waals surface area contributed by atoms with Crippen LogP contribution in [0.3, 0.4) is 0 Å². The Bertz CT molecular complexity index is 661. The molecule has 0 saturated heterocycles. The molecule has 8 heteroatoms. The van der Waals surface area contributed by atoms with E-state index in [2.05, 4.69) is 26.8 Å². The van der Waals surface area contributed by atoms with E-state index in [-0.39, 0.29) is 17.7 Å². The smallest absolute Gasteiger partial charge is 0.422 e. The molecular weight excluding hydrogens is 390 g/mol. The fourth-order valence-corrected chi connectivity index (χ4v) is 3.15. The lowest BCUT2D eigenvalue weighted by Gasteiger charge is -2.30. The Balaban J connectivity index is 1.77. The van der Waals surface area contributed by atoms with E-state index in [1.54, 1.807) is 13.2 Å². The number of hydrazine groups is 1. The molecule has 1 fully saturated rings. The second-order valence-corrected chi connectivity index (χ2v) is 8.15. The third-order valence-electron chi connectivity index (χ3n) is 3.89. The Hall–Kier alpha value is -1.54. The van der Waals surface area contributed by atoms with Crippen molar-refractivity contribution in [3.63, 3.8) is 0 Å². The van der Waals surface area contributed by atoms with Gasteiger partial charge in [0, 0.05) is 25.4 Å². The normalized spacial score (nSPS) is 20.8. The first-order chi connectivity index (χ1) is 11.6. The maximum Gasteiger partial charge on any atom is 0.422 e. The Morgan fingerprint density at radius 2 is 1.92 bits per heavy atom. The Labute approximate surface area is 156 Å². The number of nitrogens with zero attached hydrogens (tertiary/aromatic N) is 1. The van der Waals surface area contributed by atoms with Crippen molar-refractivity contribution < 1.29 is 14.3 Å². The third kappa shape index (κ3) is 6.36. The van der Waals surface area contributed by atoms with Crippen LogP contribution in [-0.2, 0) is 11.8 Å². The van der Waals surface area contributed by atoms with Crippen molar-refractivity contribution >= 4 is 22.0 Å². The summed E-state index contributed by atoms with van der Waals surface area (Å²) in [6, 6.07) is 1.68. The standard InChI is InChI=1S/C17H26BrN3O4/c1-17(2,3)25-16(23)20-19-11-5-7-12(8-6-11)24-14-9-15(22)21(4)10-13(14)18/h9-12,19H,5-8H2,1-4H3,(H,20,23)/t11-,12+. The van der Waals surface area contributed by atoms with E-state index in [0.29, 0.717) is 5.75 Å². The first kappa shape index (κ1) is 19.8. The van der Waals surface area contributed by atoms with Crippen LogP contribution in [0.5, 0.6) is 5.75 Å². The van der Waals surface area contributed by atoms with E-state index in [4.69, 9.17) is 9.47 Å². The van der Waals surface area contributed by atoms with Gasteiger partial charge in [0.1, 0.15) is 11.4 Å². The summed E-state index contributed by atoms with van der Waals surface area (Å²) in [6.45, 7) is 5.47. The molecule has 0 unspecified atom stereocenters. The second kappa shape index (κ2) is 8.23. The van der Waals surface area contributed by atoms with Gasteiger partial charge >= 0.3 is 6.09 Å². The molecule has 0 bridgehead atoms. The number of halogens is 1. The van der Waals surface area contributed by atoms with Gasteiger partial charge in [0.2, 0.25) is 0 Å². The number of hydrogen-bond acceptors (Lipinski definition) is 5. The van der Waals surface area contributed by atoms with Crippen LogP contribution in [0.1, 0.15) is 46.5 Å². The number of pyridine rings is 1. The lowest BCUT2D eigenvalue weighted by Crippen LogP contribution is -2.48. The van der Waals surface area contributed by atoms with Crippen molar-refractivity contribution in [1.82, 2.24) is 15.4 Å². The van der Waals surface area contributed by atoms with Crippen molar-refractivity contribution in [3.05, 3.63) is 27.1 Å². The topological polar surface area (TPSA) is 81.6 Å². The average Bonchev–Trinajstić information content (AvgIpc) is 2.50. The van der Waals surface area contributed by atoms with E-state index < -0.39 is 11.7 Å². The van der Waals surface area contributed by atoms with Crippen LogP contribution in [0.25, 0.3) is 0 Å². The molecule has 25 heavy (non-hydrogen) atoms. The van der Waals surface area contributed by atoms with Gasteiger partial charge in [-0.3, -0.25) is 10.2 Å². The summed E-state index contributed by atoms with van der Waals surface area (Å²) in [7, 11) is 1.70. The molecular formula is C17H26BrN3O4. The van der Waals surface area contributed by atoms with Gasteiger partial charge in [-0.2, -0.15) is 0 Å². The average molecular weight is 416 g/mol. The maximum atomic E-state index is 11.7. The summed E-state index contributed by atoms with van der Waals surface area (Å²) in [5.74, 6) is 0.575. The SMILES string of the molecule is Cn1cc(Br)c(O[C@H]2CC[C@@H](NNC(=O)OC(C)(C)C)CC2)cc1=O. The first-order valence-electron chi connectivity index (χ1n) is 8.41. The number of rotatable bonds is 4. The monoisotopic (exact) mass is 415 g/mol. The maximum absolute atomic E-state index is 11.7. The number of amides is 1. The first-order valence-corrected chi connectivity index (χ1v) is 9.21. The molecule has 1 aromatic rings. The minimum absolute atomic E-state index is 0.0583. The molecule has 0 spiro atoms. The lowest BCUT2D eigenvalue weighted by molar-refractivity contribution is 0.0473. The van der Waals surface area contributed by atoms with Crippen LogP contribution in [0.15, 0.2) is 21.5 Å². The zero-order chi connectivity index (χ0) is 18.6. The van der Waals surface area contributed by atoms with Gasteiger partial charge in [-0.25, -0.2) is 10.2 Å². The highest BCUT2D eigenvalue weighted by Crippen LogP contribution is 2.28. The minimum Gasteiger partial charge on any atom is -0.489 e. The van der Waals surface area contributed by atoms with Gasteiger partial charge in [0.05, 0.1) is 10.6 Å². The summed E-state index contributed by atoms with van der Waals surface area (Å²) in [5, 5.41) is 0. The third-order valence-corrected chi connectivity index (χ3v) is 4.49. The summed E-state index contributed by atoms with van der Waals surface area (Å²) >= 11 is 3.43. The van der Waals surface area contributed by atoms with Crippen molar-refractivity contribution in [3.8, 4) is 5.75 Å². The van der Waals surface area contributed by atoms with E-state index >= 15 is 0 Å². The highest BCUT2D eigenvalue weighted by Gasteiger charge is 2.24. The molecule has 2 N–H and O–H groups in total. The number of nitrogens with one attached hydrogen (secondary N) is 2. The van der Waals surface area contributed by atoms with E-state index in [1.807, 2.05) is 20.8 Å². The van der Waals surface area contributed by atoms with Crippen LogP contribution < -0.4 is 21.1 Å². The number of hydrogen-bond donors (Lipinski definition) is 2. The number of aromatic nitrogens is 1. The highest BCUT2D eigenvalue weighted by molar-refractivity contribution is 9.10.